The fourth-order valence-corrected chi connectivity index (χ4v) is 2.23. The number of halogens is 2. The minimum atomic E-state index is -0.231. The highest BCUT2D eigenvalue weighted by molar-refractivity contribution is 6.30. The molecule has 0 aliphatic carbocycles. The molecule has 0 spiro atoms. The van der Waals surface area contributed by atoms with Crippen LogP contribution in [0.5, 0.6) is 0 Å². The van der Waals surface area contributed by atoms with E-state index in [1.54, 1.807) is 16.8 Å². The Bertz CT molecular complexity index is 517. The van der Waals surface area contributed by atoms with Gasteiger partial charge in [-0.05, 0) is 31.0 Å². The summed E-state index contributed by atoms with van der Waals surface area (Å²) >= 11 is 6.24. The molecule has 90 valence electrons. The molecule has 1 aromatic carbocycles. The minimum Gasteiger partial charge on any atom is -0.249 e. The lowest BCUT2D eigenvalue weighted by atomic mass is 10.2. The van der Waals surface area contributed by atoms with Crippen LogP contribution in [-0.2, 0) is 13.0 Å². The van der Waals surface area contributed by atoms with E-state index in [4.69, 9.17) is 11.6 Å². The number of hydrogen-bond donors (Lipinski definition) is 0. The van der Waals surface area contributed by atoms with E-state index in [0.717, 1.165) is 23.2 Å². The fourth-order valence-electron chi connectivity index (χ4n) is 1.86. The summed E-state index contributed by atoms with van der Waals surface area (Å²) in [6.45, 7) is 4.57. The zero-order valence-electron chi connectivity index (χ0n) is 9.87. The summed E-state index contributed by atoms with van der Waals surface area (Å²) in [4.78, 5) is 0. The van der Waals surface area contributed by atoms with E-state index in [-0.39, 0.29) is 5.82 Å². The molecule has 0 saturated heterocycles. The van der Waals surface area contributed by atoms with Crippen LogP contribution in [0, 0.1) is 12.7 Å². The maximum absolute atomic E-state index is 12.8. The van der Waals surface area contributed by atoms with Gasteiger partial charge in [0.15, 0.2) is 0 Å². The van der Waals surface area contributed by atoms with Gasteiger partial charge in [0.25, 0.3) is 0 Å². The molecule has 1 heterocycles. The van der Waals surface area contributed by atoms with Gasteiger partial charge in [-0.15, -0.1) is 0 Å². The van der Waals surface area contributed by atoms with Gasteiger partial charge >= 0.3 is 0 Å². The lowest BCUT2D eigenvalue weighted by Gasteiger charge is -2.03. The third-order valence-electron chi connectivity index (χ3n) is 2.78. The first-order chi connectivity index (χ1) is 8.11. The number of aryl methyl sites for hydroxylation is 1. The van der Waals surface area contributed by atoms with Crippen molar-refractivity contribution in [2.75, 3.05) is 0 Å². The molecule has 0 saturated carbocycles. The molecule has 2 aromatic rings. The van der Waals surface area contributed by atoms with E-state index in [1.165, 1.54) is 12.1 Å². The van der Waals surface area contributed by atoms with Crippen LogP contribution in [0.3, 0.4) is 0 Å². The first-order valence-electron chi connectivity index (χ1n) is 5.58. The Balaban J connectivity index is 2.27. The average Bonchev–Trinajstić information content (AvgIpc) is 2.57. The number of aromatic nitrogens is 2. The lowest BCUT2D eigenvalue weighted by molar-refractivity contribution is 0.624. The third-order valence-corrected chi connectivity index (χ3v) is 3.21. The predicted molar refractivity (Wildman–Crippen MR) is 66.9 cm³/mol. The quantitative estimate of drug-likeness (QED) is 0.816. The van der Waals surface area contributed by atoms with Crippen molar-refractivity contribution in [2.24, 2.45) is 0 Å². The van der Waals surface area contributed by atoms with Crippen LogP contribution in [0.2, 0.25) is 5.15 Å². The molecule has 0 atom stereocenters. The van der Waals surface area contributed by atoms with Crippen LogP contribution in [0.15, 0.2) is 24.3 Å². The molecule has 0 amide bonds. The van der Waals surface area contributed by atoms with Crippen LogP contribution in [0.1, 0.15) is 23.7 Å². The molecule has 2 nitrogen and oxygen atoms in total. The van der Waals surface area contributed by atoms with Crippen molar-refractivity contribution in [3.63, 3.8) is 0 Å². The SMILES string of the molecule is CCc1c(C)nn(Cc2ccc(F)cc2)c1Cl. The minimum absolute atomic E-state index is 0.231. The maximum atomic E-state index is 12.8. The van der Waals surface area contributed by atoms with Gasteiger partial charge in [-0.2, -0.15) is 5.10 Å². The van der Waals surface area contributed by atoms with E-state index < -0.39 is 0 Å². The Morgan fingerprint density at radius 2 is 1.94 bits per heavy atom. The monoisotopic (exact) mass is 252 g/mol. The summed E-state index contributed by atoms with van der Waals surface area (Å²) in [5.41, 5.74) is 3.02. The van der Waals surface area contributed by atoms with Crippen molar-refractivity contribution in [2.45, 2.75) is 26.8 Å². The molecule has 0 N–H and O–H groups in total. The molecule has 2 rings (SSSR count). The molecule has 1 aromatic heterocycles. The lowest BCUT2D eigenvalue weighted by Crippen LogP contribution is -2.02. The Labute approximate surface area is 105 Å². The van der Waals surface area contributed by atoms with Gasteiger partial charge < -0.3 is 0 Å². The molecule has 0 radical (unpaired) electrons. The molecule has 0 bridgehead atoms. The van der Waals surface area contributed by atoms with Gasteiger partial charge in [0.2, 0.25) is 0 Å². The van der Waals surface area contributed by atoms with Crippen LogP contribution >= 0.6 is 11.6 Å². The smallest absolute Gasteiger partial charge is 0.130 e. The van der Waals surface area contributed by atoms with Crippen LogP contribution < -0.4 is 0 Å². The Morgan fingerprint density at radius 1 is 1.29 bits per heavy atom. The summed E-state index contributed by atoms with van der Waals surface area (Å²) in [6, 6.07) is 6.38. The van der Waals surface area contributed by atoms with Crippen molar-refractivity contribution in [3.8, 4) is 0 Å². The molecule has 0 unspecified atom stereocenters. The first-order valence-corrected chi connectivity index (χ1v) is 5.95. The topological polar surface area (TPSA) is 17.8 Å². The van der Waals surface area contributed by atoms with Crippen molar-refractivity contribution < 1.29 is 4.39 Å². The molecule has 4 heteroatoms. The molecule has 0 aliphatic rings. The van der Waals surface area contributed by atoms with Gasteiger partial charge in [-0.1, -0.05) is 30.7 Å². The molecule has 17 heavy (non-hydrogen) atoms. The second-order valence-electron chi connectivity index (χ2n) is 3.99. The molecule has 0 aliphatic heterocycles. The number of hydrogen-bond acceptors (Lipinski definition) is 1. The zero-order valence-corrected chi connectivity index (χ0v) is 10.6. The van der Waals surface area contributed by atoms with Gasteiger partial charge in [0.1, 0.15) is 11.0 Å². The largest absolute Gasteiger partial charge is 0.249 e. The Morgan fingerprint density at radius 3 is 2.47 bits per heavy atom. The number of rotatable bonds is 3. The summed E-state index contributed by atoms with van der Waals surface area (Å²) in [5.74, 6) is -0.231. The Hall–Kier alpha value is -1.35. The van der Waals surface area contributed by atoms with E-state index in [1.807, 2.05) is 6.92 Å². The first kappa shape index (κ1) is 12.1. The highest BCUT2D eigenvalue weighted by atomic mass is 35.5. The number of nitrogens with zero attached hydrogens (tertiary/aromatic N) is 2. The number of benzene rings is 1. The summed E-state index contributed by atoms with van der Waals surface area (Å²) < 4.78 is 14.5. The molecular weight excluding hydrogens is 239 g/mol. The normalized spacial score (nSPS) is 10.8. The van der Waals surface area contributed by atoms with E-state index >= 15 is 0 Å². The van der Waals surface area contributed by atoms with Crippen molar-refractivity contribution in [1.29, 1.82) is 0 Å². The molecular formula is C13H14ClFN2. The van der Waals surface area contributed by atoms with Gasteiger partial charge in [0, 0.05) is 5.56 Å². The molecule has 0 fully saturated rings. The van der Waals surface area contributed by atoms with Crippen molar-refractivity contribution in [1.82, 2.24) is 9.78 Å². The van der Waals surface area contributed by atoms with Crippen LogP contribution in [0.25, 0.3) is 0 Å². The maximum Gasteiger partial charge on any atom is 0.130 e. The highest BCUT2D eigenvalue weighted by Crippen LogP contribution is 2.21. The average molecular weight is 253 g/mol. The highest BCUT2D eigenvalue weighted by Gasteiger charge is 2.11. The Kier molecular flexibility index (Phi) is 3.48. The standard InChI is InChI=1S/C13H14ClFN2/c1-3-12-9(2)16-17(13(12)14)8-10-4-6-11(15)7-5-10/h4-7H,3,8H2,1-2H3. The summed E-state index contributed by atoms with van der Waals surface area (Å²) in [5, 5.41) is 5.06. The van der Waals surface area contributed by atoms with E-state index in [9.17, 15) is 4.39 Å². The van der Waals surface area contributed by atoms with E-state index in [0.29, 0.717) is 11.7 Å². The second-order valence-corrected chi connectivity index (χ2v) is 4.35. The summed E-state index contributed by atoms with van der Waals surface area (Å²) in [7, 11) is 0. The van der Waals surface area contributed by atoms with Gasteiger partial charge in [-0.3, -0.25) is 0 Å². The predicted octanol–water partition coefficient (Wildman–Crippen LogP) is 3.59. The van der Waals surface area contributed by atoms with Gasteiger partial charge in [0.05, 0.1) is 12.2 Å². The van der Waals surface area contributed by atoms with Gasteiger partial charge in [-0.25, -0.2) is 9.07 Å². The fraction of sp³-hybridized carbons (Fsp3) is 0.308. The van der Waals surface area contributed by atoms with E-state index in [2.05, 4.69) is 12.0 Å². The van der Waals surface area contributed by atoms with Crippen LogP contribution in [0.4, 0.5) is 4.39 Å². The third kappa shape index (κ3) is 2.50. The van der Waals surface area contributed by atoms with Crippen molar-refractivity contribution in [3.05, 3.63) is 52.1 Å². The van der Waals surface area contributed by atoms with Crippen LogP contribution in [-0.4, -0.2) is 9.78 Å². The zero-order chi connectivity index (χ0) is 12.4. The second kappa shape index (κ2) is 4.88. The van der Waals surface area contributed by atoms with Crippen molar-refractivity contribution >= 4 is 11.6 Å². The summed E-state index contributed by atoms with van der Waals surface area (Å²) in [6.07, 6.45) is 0.869.